The van der Waals surface area contributed by atoms with Gasteiger partial charge in [-0.3, -0.25) is 4.79 Å². The Balaban J connectivity index is 3.19. The van der Waals surface area contributed by atoms with Crippen molar-refractivity contribution in [3.8, 4) is 5.75 Å². The summed E-state index contributed by atoms with van der Waals surface area (Å²) in [5, 5.41) is 0.615. The molecule has 0 unspecified atom stereocenters. The first-order valence-electron chi connectivity index (χ1n) is 6.87. The Morgan fingerprint density at radius 1 is 1.25 bits per heavy atom. The number of esters is 1. The monoisotopic (exact) mass is 298 g/mol. The van der Waals surface area contributed by atoms with E-state index in [0.29, 0.717) is 17.5 Å². The predicted molar refractivity (Wildman–Crippen MR) is 81.6 cm³/mol. The minimum atomic E-state index is -0.295. The molecule has 0 saturated carbocycles. The van der Waals surface area contributed by atoms with Crippen molar-refractivity contribution in [3.05, 3.63) is 28.3 Å². The molecule has 0 amide bonds. The topological polar surface area (TPSA) is 35.5 Å². The summed E-state index contributed by atoms with van der Waals surface area (Å²) in [7, 11) is 1.38. The van der Waals surface area contributed by atoms with E-state index in [9.17, 15) is 4.79 Å². The highest BCUT2D eigenvalue weighted by Gasteiger charge is 2.17. The van der Waals surface area contributed by atoms with Crippen molar-refractivity contribution >= 4 is 17.6 Å². The van der Waals surface area contributed by atoms with Crippen LogP contribution in [0, 0.1) is 5.92 Å². The summed E-state index contributed by atoms with van der Waals surface area (Å²) in [5.74, 6) is 1.16. The van der Waals surface area contributed by atoms with Gasteiger partial charge in [0.15, 0.2) is 0 Å². The van der Waals surface area contributed by atoms with Gasteiger partial charge < -0.3 is 9.47 Å². The zero-order chi connectivity index (χ0) is 15.3. The van der Waals surface area contributed by atoms with Crippen LogP contribution in [0.25, 0.3) is 0 Å². The van der Waals surface area contributed by atoms with Crippen LogP contribution in [0.15, 0.2) is 12.1 Å². The van der Waals surface area contributed by atoms with Crippen LogP contribution in [0.2, 0.25) is 5.02 Å². The van der Waals surface area contributed by atoms with Gasteiger partial charge in [0.1, 0.15) is 5.75 Å². The molecular formula is C16H23ClO3. The van der Waals surface area contributed by atoms with Crippen molar-refractivity contribution in [2.75, 3.05) is 13.7 Å². The van der Waals surface area contributed by atoms with E-state index in [2.05, 4.69) is 27.7 Å². The number of hydrogen-bond donors (Lipinski definition) is 0. The molecule has 0 aliphatic rings. The number of rotatable bonds is 6. The summed E-state index contributed by atoms with van der Waals surface area (Å²) < 4.78 is 10.7. The molecule has 0 aliphatic heterocycles. The van der Waals surface area contributed by atoms with E-state index in [1.165, 1.54) is 7.11 Å². The van der Waals surface area contributed by atoms with Gasteiger partial charge in [0, 0.05) is 10.6 Å². The van der Waals surface area contributed by atoms with Gasteiger partial charge in [-0.15, -0.1) is 0 Å². The van der Waals surface area contributed by atoms with Crippen molar-refractivity contribution in [3.63, 3.8) is 0 Å². The molecule has 20 heavy (non-hydrogen) atoms. The van der Waals surface area contributed by atoms with Crippen LogP contribution in [0.4, 0.5) is 0 Å². The van der Waals surface area contributed by atoms with Crippen LogP contribution in [0.3, 0.4) is 0 Å². The number of ether oxygens (including phenoxy) is 2. The fourth-order valence-corrected chi connectivity index (χ4v) is 2.14. The largest absolute Gasteiger partial charge is 0.493 e. The van der Waals surface area contributed by atoms with Gasteiger partial charge in [0.25, 0.3) is 0 Å². The van der Waals surface area contributed by atoms with Gasteiger partial charge in [0.2, 0.25) is 0 Å². The number of halogens is 1. The molecule has 4 heteroatoms. The van der Waals surface area contributed by atoms with E-state index in [0.717, 1.165) is 16.9 Å². The van der Waals surface area contributed by atoms with Crippen molar-refractivity contribution in [1.82, 2.24) is 0 Å². The summed E-state index contributed by atoms with van der Waals surface area (Å²) in [6.45, 7) is 8.94. The van der Waals surface area contributed by atoms with Crippen LogP contribution in [0.5, 0.6) is 5.75 Å². The van der Waals surface area contributed by atoms with Gasteiger partial charge in [-0.05, 0) is 29.5 Å². The summed E-state index contributed by atoms with van der Waals surface area (Å²) in [6, 6.07) is 3.68. The SMILES string of the molecule is COC(=O)Cc1cc(Cl)cc(C(C)C)c1OCC(C)C. The molecule has 1 aromatic carbocycles. The van der Waals surface area contributed by atoms with Gasteiger partial charge in [-0.25, -0.2) is 0 Å². The van der Waals surface area contributed by atoms with Crippen molar-refractivity contribution in [2.45, 2.75) is 40.0 Å². The highest BCUT2D eigenvalue weighted by Crippen LogP contribution is 2.34. The molecule has 0 spiro atoms. The van der Waals surface area contributed by atoms with Gasteiger partial charge >= 0.3 is 5.97 Å². The second-order valence-corrected chi connectivity index (χ2v) is 6.03. The highest BCUT2D eigenvalue weighted by atomic mass is 35.5. The normalized spacial score (nSPS) is 11.0. The molecule has 0 aromatic heterocycles. The lowest BCUT2D eigenvalue weighted by molar-refractivity contribution is -0.139. The van der Waals surface area contributed by atoms with E-state index in [1.54, 1.807) is 6.07 Å². The van der Waals surface area contributed by atoms with Crippen LogP contribution < -0.4 is 4.74 Å². The average Bonchev–Trinajstić information content (AvgIpc) is 2.36. The highest BCUT2D eigenvalue weighted by molar-refractivity contribution is 6.30. The first-order valence-corrected chi connectivity index (χ1v) is 7.24. The van der Waals surface area contributed by atoms with Gasteiger partial charge in [-0.2, -0.15) is 0 Å². The number of carbonyl (C=O) groups is 1. The molecule has 112 valence electrons. The van der Waals surface area contributed by atoms with Gasteiger partial charge in [0.05, 0.1) is 20.1 Å². The smallest absolute Gasteiger partial charge is 0.310 e. The Morgan fingerprint density at radius 3 is 2.40 bits per heavy atom. The quantitative estimate of drug-likeness (QED) is 0.738. The second-order valence-electron chi connectivity index (χ2n) is 5.60. The van der Waals surface area contributed by atoms with Crippen LogP contribution in [-0.2, 0) is 16.0 Å². The molecular weight excluding hydrogens is 276 g/mol. The third-order valence-electron chi connectivity index (χ3n) is 2.90. The summed E-state index contributed by atoms with van der Waals surface area (Å²) >= 11 is 6.15. The van der Waals surface area contributed by atoms with Crippen LogP contribution in [-0.4, -0.2) is 19.7 Å². The summed E-state index contributed by atoms with van der Waals surface area (Å²) in [6.07, 6.45) is 0.171. The van der Waals surface area contributed by atoms with Gasteiger partial charge in [-0.1, -0.05) is 39.3 Å². The number of benzene rings is 1. The lowest BCUT2D eigenvalue weighted by Crippen LogP contribution is -2.12. The molecule has 0 fully saturated rings. The lowest BCUT2D eigenvalue weighted by Gasteiger charge is -2.19. The lowest BCUT2D eigenvalue weighted by atomic mass is 9.97. The van der Waals surface area contributed by atoms with E-state index < -0.39 is 0 Å². The number of carbonyl (C=O) groups excluding carboxylic acids is 1. The zero-order valence-corrected chi connectivity index (χ0v) is 13.6. The molecule has 1 aromatic rings. The summed E-state index contributed by atoms with van der Waals surface area (Å²) in [5.41, 5.74) is 1.81. The van der Waals surface area contributed by atoms with E-state index in [-0.39, 0.29) is 18.3 Å². The molecule has 0 heterocycles. The van der Waals surface area contributed by atoms with E-state index in [4.69, 9.17) is 21.1 Å². The number of methoxy groups -OCH3 is 1. The first-order chi connectivity index (χ1) is 9.35. The second kappa shape index (κ2) is 7.53. The molecule has 0 saturated heterocycles. The maximum atomic E-state index is 11.5. The number of hydrogen-bond acceptors (Lipinski definition) is 3. The fraction of sp³-hybridized carbons (Fsp3) is 0.562. The third kappa shape index (κ3) is 4.71. The molecule has 0 atom stereocenters. The first kappa shape index (κ1) is 16.8. The Labute approximate surface area is 126 Å². The minimum Gasteiger partial charge on any atom is -0.493 e. The summed E-state index contributed by atoms with van der Waals surface area (Å²) in [4.78, 5) is 11.5. The standard InChI is InChI=1S/C16H23ClO3/c1-10(2)9-20-16-12(7-15(18)19-5)6-13(17)8-14(16)11(3)4/h6,8,10-11H,7,9H2,1-5H3. The van der Waals surface area contributed by atoms with E-state index in [1.807, 2.05) is 6.07 Å². The van der Waals surface area contributed by atoms with Crippen molar-refractivity contribution in [1.29, 1.82) is 0 Å². The maximum absolute atomic E-state index is 11.5. The van der Waals surface area contributed by atoms with Crippen LogP contribution in [0.1, 0.15) is 44.7 Å². The maximum Gasteiger partial charge on any atom is 0.310 e. The fourth-order valence-electron chi connectivity index (χ4n) is 1.89. The Morgan fingerprint density at radius 2 is 1.90 bits per heavy atom. The molecule has 0 radical (unpaired) electrons. The van der Waals surface area contributed by atoms with E-state index >= 15 is 0 Å². The zero-order valence-electron chi connectivity index (χ0n) is 12.8. The Bertz CT molecular complexity index is 467. The minimum absolute atomic E-state index is 0.171. The average molecular weight is 299 g/mol. The molecule has 1 rings (SSSR count). The molecule has 0 N–H and O–H groups in total. The Hall–Kier alpha value is -1.22. The van der Waals surface area contributed by atoms with Crippen molar-refractivity contribution in [2.24, 2.45) is 5.92 Å². The molecule has 3 nitrogen and oxygen atoms in total. The molecule has 0 aliphatic carbocycles. The predicted octanol–water partition coefficient (Wildman–Crippen LogP) is 4.21. The van der Waals surface area contributed by atoms with Crippen molar-refractivity contribution < 1.29 is 14.3 Å². The third-order valence-corrected chi connectivity index (χ3v) is 3.12. The van der Waals surface area contributed by atoms with Crippen LogP contribution >= 0.6 is 11.6 Å². The Kier molecular flexibility index (Phi) is 6.34. The molecule has 0 bridgehead atoms.